The van der Waals surface area contributed by atoms with Gasteiger partial charge in [0, 0.05) is 16.5 Å². The molecule has 1 aliphatic heterocycles. The molecule has 8 nitrogen and oxygen atoms in total. The minimum atomic E-state index is -0.673. The molecule has 0 spiro atoms. The van der Waals surface area contributed by atoms with Crippen LogP contribution in [0.3, 0.4) is 0 Å². The SMILES string of the molecule is CCOC(=O)C1=C(C)N=c2s/c(=C\c3ccc(-c4ccc(C(=O)OCC)cc4)o3)c(=O)n2[C@H]1c1ccc(SC)cc1. The molecule has 2 aromatic heterocycles. The number of carbonyl (C=O) groups excluding carboxylic acids is 2. The monoisotopic (exact) mass is 588 g/mol. The molecule has 0 saturated carbocycles. The fraction of sp³-hybridized carbons (Fsp3) is 0.226. The van der Waals surface area contributed by atoms with Crippen LogP contribution < -0.4 is 14.9 Å². The fourth-order valence-electron chi connectivity index (χ4n) is 4.59. The first-order valence-corrected chi connectivity index (χ1v) is 15.1. The van der Waals surface area contributed by atoms with Crippen LogP contribution in [-0.2, 0) is 14.3 Å². The molecule has 5 rings (SSSR count). The van der Waals surface area contributed by atoms with Gasteiger partial charge in [-0.2, -0.15) is 0 Å². The Bertz CT molecular complexity index is 1810. The largest absolute Gasteiger partial charge is 0.463 e. The number of furan rings is 1. The van der Waals surface area contributed by atoms with Crippen molar-refractivity contribution in [3.63, 3.8) is 0 Å². The molecule has 0 unspecified atom stereocenters. The highest BCUT2D eigenvalue weighted by atomic mass is 32.2. The van der Waals surface area contributed by atoms with Crippen molar-refractivity contribution in [3.05, 3.63) is 109 Å². The van der Waals surface area contributed by atoms with Crippen molar-refractivity contribution in [2.45, 2.75) is 31.7 Å². The summed E-state index contributed by atoms with van der Waals surface area (Å²) in [6.45, 7) is 5.79. The number of hydrogen-bond donors (Lipinski definition) is 0. The number of fused-ring (bicyclic) bond motifs is 1. The van der Waals surface area contributed by atoms with Gasteiger partial charge in [0.25, 0.3) is 5.56 Å². The van der Waals surface area contributed by atoms with E-state index in [9.17, 15) is 14.4 Å². The first-order chi connectivity index (χ1) is 19.8. The van der Waals surface area contributed by atoms with E-state index in [1.807, 2.05) is 30.5 Å². The highest BCUT2D eigenvalue weighted by Crippen LogP contribution is 2.32. The van der Waals surface area contributed by atoms with Gasteiger partial charge in [0.05, 0.1) is 40.6 Å². The number of ether oxygens (including phenoxy) is 2. The van der Waals surface area contributed by atoms with Gasteiger partial charge >= 0.3 is 11.9 Å². The lowest BCUT2D eigenvalue weighted by molar-refractivity contribution is -0.139. The van der Waals surface area contributed by atoms with E-state index >= 15 is 0 Å². The fourth-order valence-corrected chi connectivity index (χ4v) is 6.03. The normalized spacial score (nSPS) is 14.9. The Kier molecular flexibility index (Phi) is 8.41. The van der Waals surface area contributed by atoms with Crippen LogP contribution in [0.5, 0.6) is 0 Å². The number of aromatic nitrogens is 1. The van der Waals surface area contributed by atoms with Crippen LogP contribution in [0.1, 0.15) is 48.5 Å². The molecule has 0 amide bonds. The summed E-state index contributed by atoms with van der Waals surface area (Å²) in [6.07, 6.45) is 3.67. The predicted molar refractivity (Wildman–Crippen MR) is 159 cm³/mol. The van der Waals surface area contributed by atoms with Crippen LogP contribution in [0.4, 0.5) is 0 Å². The van der Waals surface area contributed by atoms with Gasteiger partial charge in [-0.3, -0.25) is 9.36 Å². The Morgan fingerprint density at radius 1 is 1.00 bits per heavy atom. The van der Waals surface area contributed by atoms with E-state index in [2.05, 4.69) is 4.99 Å². The molecule has 0 radical (unpaired) electrons. The first-order valence-electron chi connectivity index (χ1n) is 13.1. The third-order valence-corrected chi connectivity index (χ3v) is 8.26. The summed E-state index contributed by atoms with van der Waals surface area (Å²) in [7, 11) is 0. The van der Waals surface area contributed by atoms with Gasteiger partial charge in [0.1, 0.15) is 11.5 Å². The van der Waals surface area contributed by atoms with Gasteiger partial charge in [0.15, 0.2) is 4.80 Å². The number of rotatable bonds is 8. The number of hydrogen-bond acceptors (Lipinski definition) is 9. The van der Waals surface area contributed by atoms with Crippen molar-refractivity contribution < 1.29 is 23.5 Å². The second-order valence-electron chi connectivity index (χ2n) is 9.08. The number of thiazole rings is 1. The van der Waals surface area contributed by atoms with Crippen LogP contribution >= 0.6 is 23.1 Å². The summed E-state index contributed by atoms with van der Waals surface area (Å²) in [5.74, 6) is 0.203. The number of nitrogens with zero attached hydrogens (tertiary/aromatic N) is 2. The van der Waals surface area contributed by atoms with Crippen molar-refractivity contribution >= 4 is 41.1 Å². The van der Waals surface area contributed by atoms with E-state index in [1.54, 1.807) is 79.6 Å². The van der Waals surface area contributed by atoms with Gasteiger partial charge in [0.2, 0.25) is 0 Å². The number of thioether (sulfide) groups is 1. The molecule has 0 saturated heterocycles. The van der Waals surface area contributed by atoms with Gasteiger partial charge in [-0.1, -0.05) is 35.6 Å². The minimum absolute atomic E-state index is 0.213. The number of carbonyl (C=O) groups is 2. The quantitative estimate of drug-likeness (QED) is 0.212. The lowest BCUT2D eigenvalue weighted by Gasteiger charge is -2.24. The zero-order valence-electron chi connectivity index (χ0n) is 23.0. The van der Waals surface area contributed by atoms with Crippen molar-refractivity contribution in [2.24, 2.45) is 4.99 Å². The van der Waals surface area contributed by atoms with Crippen molar-refractivity contribution in [1.82, 2.24) is 4.57 Å². The Morgan fingerprint density at radius 3 is 2.34 bits per heavy atom. The molecule has 2 aromatic carbocycles. The molecule has 4 aromatic rings. The molecule has 41 heavy (non-hydrogen) atoms. The van der Waals surface area contributed by atoms with Crippen LogP contribution in [0.25, 0.3) is 17.4 Å². The molecule has 1 atom stereocenters. The second-order valence-corrected chi connectivity index (χ2v) is 11.0. The highest BCUT2D eigenvalue weighted by molar-refractivity contribution is 7.98. The maximum absolute atomic E-state index is 13.8. The van der Waals surface area contributed by atoms with E-state index in [1.165, 1.54) is 11.3 Å². The summed E-state index contributed by atoms with van der Waals surface area (Å²) in [6, 6.07) is 17.6. The zero-order chi connectivity index (χ0) is 29.1. The maximum atomic E-state index is 13.8. The van der Waals surface area contributed by atoms with Crippen molar-refractivity contribution in [1.29, 1.82) is 0 Å². The minimum Gasteiger partial charge on any atom is -0.463 e. The summed E-state index contributed by atoms with van der Waals surface area (Å²) < 4.78 is 18.4. The molecule has 0 fully saturated rings. The standard InChI is InChI=1S/C31H28N2O6S2/c1-5-37-29(35)21-9-7-19(8-10-21)24-16-13-22(39-24)17-25-28(34)33-27(20-11-14-23(40-4)15-12-20)26(30(36)38-6-2)18(3)32-31(33)41-25/h7-17,27H,5-6H2,1-4H3/b25-17-/t27-/m0/s1. The van der Waals surface area contributed by atoms with Gasteiger partial charge in [-0.05, 0) is 69.0 Å². The molecule has 0 bridgehead atoms. The topological polar surface area (TPSA) is 100 Å². The number of esters is 2. The van der Waals surface area contributed by atoms with Gasteiger partial charge in [-0.15, -0.1) is 11.8 Å². The first kappa shape index (κ1) is 28.4. The third-order valence-electron chi connectivity index (χ3n) is 6.53. The Labute approximate surface area is 244 Å². The van der Waals surface area contributed by atoms with Crippen LogP contribution in [0, 0.1) is 0 Å². The molecule has 0 aliphatic carbocycles. The zero-order valence-corrected chi connectivity index (χ0v) is 24.6. The summed E-state index contributed by atoms with van der Waals surface area (Å²) >= 11 is 2.85. The van der Waals surface area contributed by atoms with Crippen LogP contribution in [0.2, 0.25) is 0 Å². The molecule has 1 aliphatic rings. The van der Waals surface area contributed by atoms with Crippen molar-refractivity contribution in [3.8, 4) is 11.3 Å². The van der Waals surface area contributed by atoms with Crippen LogP contribution in [0.15, 0.2) is 91.0 Å². The van der Waals surface area contributed by atoms with E-state index in [4.69, 9.17) is 13.9 Å². The number of benzene rings is 2. The third kappa shape index (κ3) is 5.71. The molecule has 3 heterocycles. The smallest absolute Gasteiger partial charge is 0.338 e. The molecule has 10 heteroatoms. The number of allylic oxidation sites excluding steroid dienone is 1. The van der Waals surface area contributed by atoms with E-state index in [0.717, 1.165) is 16.0 Å². The predicted octanol–water partition coefficient (Wildman–Crippen LogP) is 4.96. The van der Waals surface area contributed by atoms with Crippen LogP contribution in [-0.4, -0.2) is 36.0 Å². The average Bonchev–Trinajstić information content (AvgIpc) is 3.57. The molecular weight excluding hydrogens is 560 g/mol. The molecule has 210 valence electrons. The summed E-state index contributed by atoms with van der Waals surface area (Å²) in [5, 5.41) is 0. The average molecular weight is 589 g/mol. The summed E-state index contributed by atoms with van der Waals surface area (Å²) in [5.41, 5.74) is 2.61. The van der Waals surface area contributed by atoms with E-state index in [-0.39, 0.29) is 18.1 Å². The van der Waals surface area contributed by atoms with E-state index in [0.29, 0.717) is 44.3 Å². The maximum Gasteiger partial charge on any atom is 0.338 e. The van der Waals surface area contributed by atoms with Gasteiger partial charge in [-0.25, -0.2) is 14.6 Å². The van der Waals surface area contributed by atoms with E-state index < -0.39 is 12.0 Å². The summed E-state index contributed by atoms with van der Waals surface area (Å²) in [4.78, 5) is 45.0. The molecule has 0 N–H and O–H groups in total. The Hall–Kier alpha value is -4.15. The van der Waals surface area contributed by atoms with Crippen molar-refractivity contribution in [2.75, 3.05) is 19.5 Å². The Morgan fingerprint density at radius 2 is 1.68 bits per heavy atom. The highest BCUT2D eigenvalue weighted by Gasteiger charge is 2.33. The molecular formula is C31H28N2O6S2. The Balaban J connectivity index is 1.54. The van der Waals surface area contributed by atoms with Gasteiger partial charge < -0.3 is 13.9 Å². The lowest BCUT2D eigenvalue weighted by Crippen LogP contribution is -2.39. The lowest BCUT2D eigenvalue weighted by atomic mass is 9.96. The second kappa shape index (κ2) is 12.2.